The number of nitrogens with one attached hydrogen (secondary N) is 1. The number of amides is 2. The van der Waals surface area contributed by atoms with Gasteiger partial charge in [0, 0.05) is 38.5 Å². The van der Waals surface area contributed by atoms with E-state index in [1.54, 1.807) is 7.11 Å². The van der Waals surface area contributed by atoms with Gasteiger partial charge in [-0.1, -0.05) is 25.0 Å². The second-order valence-corrected chi connectivity index (χ2v) is 8.24. The number of carbonyl (C=O) groups excluding carboxylic acids is 2. The molecule has 0 aliphatic carbocycles. The monoisotopic (exact) mass is 401 g/mol. The van der Waals surface area contributed by atoms with E-state index in [0.717, 1.165) is 77.0 Å². The highest BCUT2D eigenvalue weighted by Gasteiger charge is 2.28. The van der Waals surface area contributed by atoms with Gasteiger partial charge in [0.25, 0.3) is 0 Å². The van der Waals surface area contributed by atoms with Crippen LogP contribution in [0.25, 0.3) is 0 Å². The maximum absolute atomic E-state index is 13.1. The smallest absolute Gasteiger partial charge is 0.225 e. The number of nitrogens with zero attached hydrogens (tertiary/aromatic N) is 2. The number of methoxy groups -OCH3 is 1. The topological polar surface area (TPSA) is 61.9 Å². The van der Waals surface area contributed by atoms with Crippen LogP contribution in [0.3, 0.4) is 0 Å². The lowest BCUT2D eigenvalue weighted by atomic mass is 9.94. The van der Waals surface area contributed by atoms with Crippen LogP contribution in [0.5, 0.6) is 5.75 Å². The summed E-state index contributed by atoms with van der Waals surface area (Å²) in [7, 11) is 1.69. The van der Waals surface area contributed by atoms with Crippen molar-refractivity contribution < 1.29 is 14.3 Å². The Balaban J connectivity index is 1.50. The predicted molar refractivity (Wildman–Crippen MR) is 114 cm³/mol. The van der Waals surface area contributed by atoms with Gasteiger partial charge < -0.3 is 15.0 Å². The first-order valence-electron chi connectivity index (χ1n) is 11.1. The normalized spacial score (nSPS) is 20.6. The van der Waals surface area contributed by atoms with E-state index in [4.69, 9.17) is 4.74 Å². The van der Waals surface area contributed by atoms with Crippen LogP contribution in [0.4, 0.5) is 0 Å². The summed E-state index contributed by atoms with van der Waals surface area (Å²) in [5.41, 5.74) is 1.24. The lowest BCUT2D eigenvalue weighted by Crippen LogP contribution is -2.43. The third-order valence-corrected chi connectivity index (χ3v) is 6.07. The van der Waals surface area contributed by atoms with Crippen LogP contribution < -0.4 is 10.1 Å². The van der Waals surface area contributed by atoms with Crippen molar-refractivity contribution in [1.29, 1.82) is 0 Å². The number of likely N-dealkylation sites (tertiary alicyclic amines) is 1. The summed E-state index contributed by atoms with van der Waals surface area (Å²) >= 11 is 0. The molecule has 0 aromatic heterocycles. The number of hydrogen-bond acceptors (Lipinski definition) is 4. The molecule has 1 aromatic carbocycles. The Bertz CT molecular complexity index is 671. The standard InChI is InChI=1S/C23H35N3O3/c1-29-21-8-6-7-19(17-21)18-25-14-9-20(10-15-25)23(28)26-13-5-3-2-4-12-24-22(27)11-16-26/h6-8,17,20H,2-5,9-16,18H2,1H3,(H,24,27). The van der Waals surface area contributed by atoms with E-state index < -0.39 is 0 Å². The first-order valence-corrected chi connectivity index (χ1v) is 11.1. The molecule has 6 heteroatoms. The van der Waals surface area contributed by atoms with Crippen molar-refractivity contribution in [2.75, 3.05) is 39.8 Å². The van der Waals surface area contributed by atoms with Gasteiger partial charge in [0.1, 0.15) is 5.75 Å². The molecule has 0 atom stereocenters. The summed E-state index contributed by atoms with van der Waals surface area (Å²) in [4.78, 5) is 29.4. The Hall–Kier alpha value is -2.08. The average Bonchev–Trinajstić information content (AvgIpc) is 2.79. The van der Waals surface area contributed by atoms with Gasteiger partial charge in [-0.05, 0) is 56.5 Å². The molecule has 6 nitrogen and oxygen atoms in total. The fourth-order valence-corrected chi connectivity index (χ4v) is 4.29. The van der Waals surface area contributed by atoms with Crippen molar-refractivity contribution in [1.82, 2.24) is 15.1 Å². The number of piperidine rings is 1. The minimum Gasteiger partial charge on any atom is -0.497 e. The van der Waals surface area contributed by atoms with E-state index in [0.29, 0.717) is 13.0 Å². The molecule has 0 saturated carbocycles. The van der Waals surface area contributed by atoms with Crippen molar-refractivity contribution in [3.05, 3.63) is 29.8 Å². The molecule has 3 rings (SSSR count). The zero-order chi connectivity index (χ0) is 20.5. The number of hydrogen-bond donors (Lipinski definition) is 1. The SMILES string of the molecule is COc1cccc(CN2CCC(C(=O)N3CCCCCCNC(=O)CC3)CC2)c1. The van der Waals surface area contributed by atoms with Crippen LogP contribution in [-0.2, 0) is 16.1 Å². The van der Waals surface area contributed by atoms with Crippen molar-refractivity contribution in [2.45, 2.75) is 51.5 Å². The molecular weight excluding hydrogens is 366 g/mol. The number of benzene rings is 1. The quantitative estimate of drug-likeness (QED) is 0.843. The van der Waals surface area contributed by atoms with E-state index in [-0.39, 0.29) is 17.7 Å². The van der Waals surface area contributed by atoms with Crippen molar-refractivity contribution in [3.8, 4) is 5.75 Å². The first-order chi connectivity index (χ1) is 14.2. The van der Waals surface area contributed by atoms with Gasteiger partial charge in [-0.2, -0.15) is 0 Å². The number of rotatable bonds is 4. The van der Waals surface area contributed by atoms with Crippen molar-refractivity contribution >= 4 is 11.8 Å². The molecule has 2 aliphatic rings. The van der Waals surface area contributed by atoms with Crippen LogP contribution in [0.2, 0.25) is 0 Å². The molecule has 0 spiro atoms. The summed E-state index contributed by atoms with van der Waals surface area (Å²) < 4.78 is 5.31. The Morgan fingerprint density at radius 1 is 1.10 bits per heavy atom. The van der Waals surface area contributed by atoms with Gasteiger partial charge in [0.2, 0.25) is 11.8 Å². The van der Waals surface area contributed by atoms with E-state index in [1.165, 1.54) is 5.56 Å². The zero-order valence-electron chi connectivity index (χ0n) is 17.7. The Morgan fingerprint density at radius 2 is 1.90 bits per heavy atom. The lowest BCUT2D eigenvalue weighted by Gasteiger charge is -2.34. The third kappa shape index (κ3) is 6.74. The van der Waals surface area contributed by atoms with Gasteiger partial charge in [-0.3, -0.25) is 14.5 Å². The molecule has 1 N–H and O–H groups in total. The highest BCUT2D eigenvalue weighted by molar-refractivity contribution is 5.80. The van der Waals surface area contributed by atoms with Crippen molar-refractivity contribution in [3.63, 3.8) is 0 Å². The maximum Gasteiger partial charge on any atom is 0.225 e. The van der Waals surface area contributed by atoms with E-state index in [9.17, 15) is 9.59 Å². The van der Waals surface area contributed by atoms with Gasteiger partial charge in [0.05, 0.1) is 7.11 Å². The van der Waals surface area contributed by atoms with E-state index in [1.807, 2.05) is 17.0 Å². The van der Waals surface area contributed by atoms with E-state index >= 15 is 0 Å². The molecule has 2 heterocycles. The molecule has 2 aliphatic heterocycles. The van der Waals surface area contributed by atoms with Crippen LogP contribution in [-0.4, -0.2) is 61.4 Å². The largest absolute Gasteiger partial charge is 0.497 e. The summed E-state index contributed by atoms with van der Waals surface area (Å²) in [5, 5.41) is 2.96. The molecule has 0 bridgehead atoms. The third-order valence-electron chi connectivity index (χ3n) is 6.07. The van der Waals surface area contributed by atoms with Gasteiger partial charge in [-0.25, -0.2) is 0 Å². The molecule has 29 heavy (non-hydrogen) atoms. The Morgan fingerprint density at radius 3 is 2.69 bits per heavy atom. The zero-order valence-corrected chi connectivity index (χ0v) is 17.7. The van der Waals surface area contributed by atoms with Crippen LogP contribution >= 0.6 is 0 Å². The molecule has 160 valence electrons. The van der Waals surface area contributed by atoms with Gasteiger partial charge in [0.15, 0.2) is 0 Å². The number of carbonyl (C=O) groups is 2. The average molecular weight is 402 g/mol. The summed E-state index contributed by atoms with van der Waals surface area (Å²) in [5.74, 6) is 1.29. The van der Waals surface area contributed by atoms with Crippen molar-refractivity contribution in [2.24, 2.45) is 5.92 Å². The van der Waals surface area contributed by atoms with E-state index in [2.05, 4.69) is 22.3 Å². The van der Waals surface area contributed by atoms with Gasteiger partial charge >= 0.3 is 0 Å². The molecule has 2 saturated heterocycles. The second kappa shape index (κ2) is 11.2. The number of ether oxygens (including phenoxy) is 1. The highest BCUT2D eigenvalue weighted by atomic mass is 16.5. The first kappa shape index (κ1) is 21.6. The molecule has 1 aromatic rings. The maximum atomic E-state index is 13.1. The van der Waals surface area contributed by atoms with Crippen LogP contribution in [0.15, 0.2) is 24.3 Å². The fourth-order valence-electron chi connectivity index (χ4n) is 4.29. The molecule has 2 fully saturated rings. The molecule has 0 radical (unpaired) electrons. The van der Waals surface area contributed by atoms with Gasteiger partial charge in [-0.15, -0.1) is 0 Å². The molecular formula is C23H35N3O3. The Kier molecular flexibility index (Phi) is 8.35. The summed E-state index contributed by atoms with van der Waals surface area (Å²) in [6.45, 7) is 4.86. The van der Waals surface area contributed by atoms with Crippen LogP contribution in [0, 0.1) is 5.92 Å². The van der Waals surface area contributed by atoms with Crippen LogP contribution in [0.1, 0.15) is 50.5 Å². The fraction of sp³-hybridized carbons (Fsp3) is 0.652. The minimum atomic E-state index is 0.0674. The predicted octanol–water partition coefficient (Wildman–Crippen LogP) is 2.82. The summed E-state index contributed by atoms with van der Waals surface area (Å²) in [6, 6.07) is 8.19. The minimum absolute atomic E-state index is 0.0674. The highest BCUT2D eigenvalue weighted by Crippen LogP contribution is 2.23. The Labute approximate surface area is 174 Å². The molecule has 2 amide bonds. The molecule has 0 unspecified atom stereocenters. The lowest BCUT2D eigenvalue weighted by molar-refractivity contribution is -0.137. The summed E-state index contributed by atoms with van der Waals surface area (Å²) in [6.07, 6.45) is 6.51. The second-order valence-electron chi connectivity index (χ2n) is 8.24.